The summed E-state index contributed by atoms with van der Waals surface area (Å²) in [7, 11) is 2.10. The van der Waals surface area contributed by atoms with Crippen LogP contribution in [0.2, 0.25) is 0 Å². The molecule has 4 unspecified atom stereocenters. The monoisotopic (exact) mass is 301 g/mol. The predicted molar refractivity (Wildman–Crippen MR) is 97.9 cm³/mol. The Morgan fingerprint density at radius 3 is 2.87 bits per heavy atom. The van der Waals surface area contributed by atoms with Gasteiger partial charge in [-0.05, 0) is 78.5 Å². The van der Waals surface area contributed by atoms with Gasteiger partial charge in [-0.3, -0.25) is 4.98 Å². The number of benzene rings is 1. The van der Waals surface area contributed by atoms with Crippen LogP contribution in [0.5, 0.6) is 0 Å². The van der Waals surface area contributed by atoms with Crippen molar-refractivity contribution in [3.63, 3.8) is 0 Å². The Balaban J connectivity index is 1.57. The molecule has 2 fully saturated rings. The first-order chi connectivity index (χ1) is 11.2. The molecule has 0 amide bonds. The van der Waals surface area contributed by atoms with Gasteiger partial charge in [-0.1, -0.05) is 30.6 Å². The smallest absolute Gasteiger partial charge is 0.141 e. The van der Waals surface area contributed by atoms with Gasteiger partial charge in [-0.25, -0.2) is 0 Å². The molecule has 0 radical (unpaired) electrons. The van der Waals surface area contributed by atoms with Gasteiger partial charge in [0.2, 0.25) is 0 Å². The number of rotatable bonds is 2. The van der Waals surface area contributed by atoms with Gasteiger partial charge in [-0.15, -0.1) is 0 Å². The Bertz CT molecular complexity index is 766. The van der Waals surface area contributed by atoms with Gasteiger partial charge < -0.3 is 0 Å². The summed E-state index contributed by atoms with van der Waals surface area (Å²) in [5, 5.41) is 0. The minimum absolute atomic E-state index is 0.686. The standard InChI is InChI=1S/C21H24BN/c1-2-21-11-15-8-17(21)10-16(21)7-13-3-4-14(9-19(13)15)20-6-5-18(22)12-23-20/h3-6,9,12,15-17H,2,7-8,10-11,22H2,1H3. The molecule has 5 rings (SSSR count). The normalized spacial score (nSPS) is 33.7. The summed E-state index contributed by atoms with van der Waals surface area (Å²) in [6.07, 6.45) is 9.05. The van der Waals surface area contributed by atoms with E-state index in [2.05, 4.69) is 50.1 Å². The van der Waals surface area contributed by atoms with Crippen molar-refractivity contribution in [3.8, 4) is 11.3 Å². The van der Waals surface area contributed by atoms with Crippen molar-refractivity contribution in [2.45, 2.75) is 44.9 Å². The molecule has 3 aliphatic rings. The molecule has 2 heteroatoms. The van der Waals surface area contributed by atoms with Crippen molar-refractivity contribution in [2.24, 2.45) is 17.3 Å². The van der Waals surface area contributed by atoms with Crippen LogP contribution in [0.4, 0.5) is 0 Å². The van der Waals surface area contributed by atoms with E-state index in [1.807, 2.05) is 6.20 Å². The third-order valence-electron chi connectivity index (χ3n) is 7.31. The van der Waals surface area contributed by atoms with Crippen LogP contribution in [-0.4, -0.2) is 12.8 Å². The molecule has 23 heavy (non-hydrogen) atoms. The highest BCUT2D eigenvalue weighted by Crippen LogP contribution is 2.69. The van der Waals surface area contributed by atoms with Crippen LogP contribution in [-0.2, 0) is 6.42 Å². The highest BCUT2D eigenvalue weighted by molar-refractivity contribution is 6.32. The molecule has 2 bridgehead atoms. The molecule has 2 aromatic rings. The Labute approximate surface area is 139 Å². The fourth-order valence-corrected chi connectivity index (χ4v) is 6.00. The molecule has 2 saturated carbocycles. The number of aromatic nitrogens is 1. The molecule has 1 aromatic carbocycles. The Hall–Kier alpha value is -1.57. The van der Waals surface area contributed by atoms with Crippen LogP contribution in [0.1, 0.15) is 49.7 Å². The van der Waals surface area contributed by atoms with E-state index in [-0.39, 0.29) is 0 Å². The lowest BCUT2D eigenvalue weighted by atomic mass is 9.52. The second-order valence-corrected chi connectivity index (χ2v) is 8.19. The molecule has 0 N–H and O–H groups in total. The fourth-order valence-electron chi connectivity index (χ4n) is 6.00. The number of pyridine rings is 1. The first kappa shape index (κ1) is 13.8. The third kappa shape index (κ3) is 1.84. The molecule has 3 aliphatic carbocycles. The summed E-state index contributed by atoms with van der Waals surface area (Å²) in [5.74, 6) is 2.76. The van der Waals surface area contributed by atoms with Gasteiger partial charge in [0.15, 0.2) is 0 Å². The zero-order chi connectivity index (χ0) is 15.6. The number of fused-ring (bicyclic) bond motifs is 3. The number of hydrogen-bond donors (Lipinski definition) is 0. The van der Waals surface area contributed by atoms with E-state index in [0.29, 0.717) is 5.41 Å². The van der Waals surface area contributed by atoms with Crippen molar-refractivity contribution in [2.75, 3.05) is 0 Å². The van der Waals surface area contributed by atoms with Crippen molar-refractivity contribution >= 4 is 13.3 Å². The fraction of sp³-hybridized carbons (Fsp3) is 0.476. The Kier molecular flexibility index (Phi) is 2.84. The summed E-state index contributed by atoms with van der Waals surface area (Å²) in [6, 6.07) is 11.5. The zero-order valence-corrected chi connectivity index (χ0v) is 14.2. The molecular formula is C21H24BN. The lowest BCUT2D eigenvalue weighted by Crippen LogP contribution is -2.46. The lowest BCUT2D eigenvalue weighted by molar-refractivity contribution is -0.0297. The predicted octanol–water partition coefficient (Wildman–Crippen LogP) is 3.47. The van der Waals surface area contributed by atoms with Gasteiger partial charge in [0.25, 0.3) is 0 Å². The minimum atomic E-state index is 0.686. The highest BCUT2D eigenvalue weighted by Gasteiger charge is 2.60. The largest absolute Gasteiger partial charge is 0.257 e. The van der Waals surface area contributed by atoms with Crippen LogP contribution in [0.25, 0.3) is 11.3 Å². The average Bonchev–Trinajstić information content (AvgIpc) is 2.79. The van der Waals surface area contributed by atoms with Crippen LogP contribution in [0, 0.1) is 17.3 Å². The van der Waals surface area contributed by atoms with Crippen molar-refractivity contribution < 1.29 is 0 Å². The summed E-state index contributed by atoms with van der Waals surface area (Å²) >= 11 is 0. The molecule has 1 aromatic heterocycles. The van der Waals surface area contributed by atoms with Gasteiger partial charge in [0.1, 0.15) is 7.85 Å². The second kappa shape index (κ2) is 4.72. The van der Waals surface area contributed by atoms with Crippen LogP contribution >= 0.6 is 0 Å². The first-order valence-electron chi connectivity index (χ1n) is 9.25. The lowest BCUT2D eigenvalue weighted by Gasteiger charge is -2.53. The first-order valence-corrected chi connectivity index (χ1v) is 9.25. The highest BCUT2D eigenvalue weighted by atomic mass is 14.7. The third-order valence-corrected chi connectivity index (χ3v) is 7.31. The zero-order valence-electron chi connectivity index (χ0n) is 14.2. The molecule has 0 spiro atoms. The maximum Gasteiger partial charge on any atom is 0.141 e. The van der Waals surface area contributed by atoms with E-state index in [1.165, 1.54) is 43.1 Å². The van der Waals surface area contributed by atoms with Gasteiger partial charge in [0.05, 0.1) is 5.69 Å². The van der Waals surface area contributed by atoms with Gasteiger partial charge >= 0.3 is 0 Å². The Morgan fingerprint density at radius 2 is 2.09 bits per heavy atom. The van der Waals surface area contributed by atoms with E-state index in [0.717, 1.165) is 23.4 Å². The van der Waals surface area contributed by atoms with Crippen LogP contribution in [0.3, 0.4) is 0 Å². The Morgan fingerprint density at radius 1 is 1.17 bits per heavy atom. The number of hydrogen-bond acceptors (Lipinski definition) is 1. The maximum atomic E-state index is 4.64. The molecule has 4 atom stereocenters. The molecule has 1 heterocycles. The summed E-state index contributed by atoms with van der Waals surface area (Å²) in [5.41, 5.74) is 7.61. The van der Waals surface area contributed by atoms with Gasteiger partial charge in [0, 0.05) is 11.8 Å². The van der Waals surface area contributed by atoms with E-state index in [9.17, 15) is 0 Å². The molecule has 0 saturated heterocycles. The summed E-state index contributed by atoms with van der Waals surface area (Å²) in [6.45, 7) is 2.43. The van der Waals surface area contributed by atoms with E-state index in [4.69, 9.17) is 0 Å². The van der Waals surface area contributed by atoms with Crippen LogP contribution in [0.15, 0.2) is 36.5 Å². The molecule has 116 valence electrons. The van der Waals surface area contributed by atoms with E-state index < -0.39 is 0 Å². The van der Waals surface area contributed by atoms with Crippen molar-refractivity contribution in [1.82, 2.24) is 4.98 Å². The minimum Gasteiger partial charge on any atom is -0.257 e. The van der Waals surface area contributed by atoms with E-state index in [1.54, 1.807) is 11.1 Å². The topological polar surface area (TPSA) is 12.9 Å². The summed E-state index contributed by atoms with van der Waals surface area (Å²) < 4.78 is 0. The molecule has 0 aliphatic heterocycles. The quantitative estimate of drug-likeness (QED) is 0.774. The van der Waals surface area contributed by atoms with Gasteiger partial charge in [-0.2, -0.15) is 0 Å². The average molecular weight is 301 g/mol. The molecular weight excluding hydrogens is 277 g/mol. The SMILES string of the molecule is Bc1ccc(-c2ccc3c(c2)C2CC4CC(C3)C4(CC)C2)nc1. The molecule has 1 nitrogen and oxygen atoms in total. The van der Waals surface area contributed by atoms with E-state index >= 15 is 0 Å². The van der Waals surface area contributed by atoms with Crippen molar-refractivity contribution in [1.29, 1.82) is 0 Å². The number of nitrogens with zero attached hydrogens (tertiary/aromatic N) is 1. The summed E-state index contributed by atoms with van der Waals surface area (Å²) in [4.78, 5) is 4.64. The maximum absolute atomic E-state index is 4.64. The van der Waals surface area contributed by atoms with Crippen molar-refractivity contribution in [3.05, 3.63) is 47.7 Å². The second-order valence-electron chi connectivity index (χ2n) is 8.19. The van der Waals surface area contributed by atoms with Crippen LogP contribution < -0.4 is 5.46 Å².